The van der Waals surface area contributed by atoms with Gasteiger partial charge >= 0.3 is 0 Å². The van der Waals surface area contributed by atoms with E-state index in [9.17, 15) is 0 Å². The van der Waals surface area contributed by atoms with Crippen LogP contribution in [0.25, 0.3) is 5.57 Å². The number of hydrogen-bond acceptors (Lipinski definition) is 0. The summed E-state index contributed by atoms with van der Waals surface area (Å²) in [4.78, 5) is 0. The molecular weight excluding hydrogens is 420 g/mol. The van der Waals surface area contributed by atoms with Gasteiger partial charge in [-0.2, -0.15) is 0 Å². The zero-order valence-electron chi connectivity index (χ0n) is 22.2. The molecule has 1 atom stereocenters. The van der Waals surface area contributed by atoms with Crippen LogP contribution < -0.4 is 0 Å². The SMILES string of the molecule is CCc1ccc(C2=CC=C(Cc3ccc(C4CCC(C(C)C)CC4)cc3)C3=CC=CC32)c(CC)c1. The third kappa shape index (κ3) is 5.04. The van der Waals surface area contributed by atoms with Gasteiger partial charge in [-0.25, -0.2) is 0 Å². The molecule has 0 saturated heterocycles. The van der Waals surface area contributed by atoms with E-state index in [2.05, 4.69) is 101 Å². The van der Waals surface area contributed by atoms with Gasteiger partial charge in [0.05, 0.1) is 0 Å². The van der Waals surface area contributed by atoms with Gasteiger partial charge in [0, 0.05) is 5.92 Å². The highest BCUT2D eigenvalue weighted by Gasteiger charge is 2.27. The second-order valence-electron chi connectivity index (χ2n) is 11.3. The summed E-state index contributed by atoms with van der Waals surface area (Å²) >= 11 is 0. The zero-order chi connectivity index (χ0) is 24.4. The molecule has 3 aliphatic carbocycles. The Labute approximate surface area is 213 Å². The van der Waals surface area contributed by atoms with Gasteiger partial charge in [0.2, 0.25) is 0 Å². The second kappa shape index (κ2) is 10.6. The Bertz CT molecular complexity index is 1160. The molecule has 0 aliphatic heterocycles. The molecule has 0 nitrogen and oxygen atoms in total. The summed E-state index contributed by atoms with van der Waals surface area (Å²) in [5.74, 6) is 2.92. The fourth-order valence-electron chi connectivity index (χ4n) is 6.55. The van der Waals surface area contributed by atoms with Crippen molar-refractivity contribution in [3.05, 3.63) is 112 Å². The van der Waals surface area contributed by atoms with Crippen molar-refractivity contribution in [3.63, 3.8) is 0 Å². The molecule has 0 bridgehead atoms. The summed E-state index contributed by atoms with van der Waals surface area (Å²) in [6.45, 7) is 9.31. The average molecular weight is 463 g/mol. The van der Waals surface area contributed by atoms with Crippen LogP contribution in [0, 0.1) is 17.8 Å². The molecule has 0 amide bonds. The van der Waals surface area contributed by atoms with Crippen molar-refractivity contribution >= 4 is 5.57 Å². The molecule has 0 N–H and O–H groups in total. The van der Waals surface area contributed by atoms with Gasteiger partial charge in [-0.3, -0.25) is 0 Å². The topological polar surface area (TPSA) is 0 Å². The third-order valence-electron chi connectivity index (χ3n) is 8.91. The Morgan fingerprint density at radius 2 is 1.51 bits per heavy atom. The first-order valence-electron chi connectivity index (χ1n) is 14.1. The quantitative estimate of drug-likeness (QED) is 0.384. The molecule has 2 aromatic carbocycles. The van der Waals surface area contributed by atoms with E-state index in [-0.39, 0.29) is 0 Å². The molecule has 1 unspecified atom stereocenters. The molecule has 0 heteroatoms. The average Bonchev–Trinajstić information content (AvgIpc) is 3.40. The van der Waals surface area contributed by atoms with Gasteiger partial charge in [0.1, 0.15) is 0 Å². The summed E-state index contributed by atoms with van der Waals surface area (Å²) < 4.78 is 0. The van der Waals surface area contributed by atoms with Gasteiger partial charge in [-0.1, -0.05) is 101 Å². The van der Waals surface area contributed by atoms with E-state index in [0.29, 0.717) is 5.92 Å². The van der Waals surface area contributed by atoms with E-state index < -0.39 is 0 Å². The van der Waals surface area contributed by atoms with Crippen molar-refractivity contribution in [3.8, 4) is 0 Å². The molecule has 2 aromatic rings. The molecule has 0 heterocycles. The maximum Gasteiger partial charge on any atom is 0.0281 e. The van der Waals surface area contributed by atoms with Gasteiger partial charge in [-0.05, 0) is 107 Å². The fourth-order valence-corrected chi connectivity index (χ4v) is 6.55. The van der Waals surface area contributed by atoms with Gasteiger partial charge < -0.3 is 0 Å². The summed E-state index contributed by atoms with van der Waals surface area (Å²) in [6.07, 6.45) is 20.5. The molecule has 1 saturated carbocycles. The molecule has 0 aromatic heterocycles. The van der Waals surface area contributed by atoms with Crippen LogP contribution in [-0.2, 0) is 19.3 Å². The zero-order valence-corrected chi connectivity index (χ0v) is 22.2. The maximum atomic E-state index is 2.42. The number of aryl methyl sites for hydroxylation is 2. The second-order valence-corrected chi connectivity index (χ2v) is 11.3. The molecule has 35 heavy (non-hydrogen) atoms. The van der Waals surface area contributed by atoms with E-state index in [1.807, 2.05) is 0 Å². The minimum atomic E-state index is 0.392. The minimum Gasteiger partial charge on any atom is -0.0726 e. The number of rotatable bonds is 7. The predicted molar refractivity (Wildman–Crippen MR) is 152 cm³/mol. The Kier molecular flexibility index (Phi) is 7.28. The third-order valence-corrected chi connectivity index (χ3v) is 8.91. The van der Waals surface area contributed by atoms with Crippen LogP contribution in [0.5, 0.6) is 0 Å². The van der Waals surface area contributed by atoms with E-state index in [1.54, 1.807) is 5.56 Å². The maximum absolute atomic E-state index is 2.42. The highest BCUT2D eigenvalue weighted by Crippen LogP contribution is 2.43. The molecule has 5 rings (SSSR count). The Balaban J connectivity index is 1.33. The van der Waals surface area contributed by atoms with E-state index >= 15 is 0 Å². The molecular formula is C35H42. The van der Waals surface area contributed by atoms with Crippen LogP contribution in [0.4, 0.5) is 0 Å². The van der Waals surface area contributed by atoms with Crippen LogP contribution >= 0.6 is 0 Å². The molecule has 1 fully saturated rings. The van der Waals surface area contributed by atoms with Crippen molar-refractivity contribution in [2.75, 3.05) is 0 Å². The summed E-state index contributed by atoms with van der Waals surface area (Å²) in [5, 5.41) is 0. The summed E-state index contributed by atoms with van der Waals surface area (Å²) in [6, 6.07) is 16.7. The molecule has 0 spiro atoms. The minimum absolute atomic E-state index is 0.392. The highest BCUT2D eigenvalue weighted by atomic mass is 14.3. The fraction of sp³-hybridized carbons (Fsp3) is 0.429. The van der Waals surface area contributed by atoms with E-state index in [4.69, 9.17) is 0 Å². The lowest BCUT2D eigenvalue weighted by Crippen LogP contribution is -2.17. The highest BCUT2D eigenvalue weighted by molar-refractivity contribution is 5.80. The predicted octanol–water partition coefficient (Wildman–Crippen LogP) is 9.42. The first-order chi connectivity index (χ1) is 17.1. The van der Waals surface area contributed by atoms with Gasteiger partial charge in [-0.15, -0.1) is 0 Å². The van der Waals surface area contributed by atoms with E-state index in [1.165, 1.54) is 64.7 Å². The lowest BCUT2D eigenvalue weighted by Gasteiger charge is -2.31. The first kappa shape index (κ1) is 24.1. The monoisotopic (exact) mass is 462 g/mol. The van der Waals surface area contributed by atoms with Crippen molar-refractivity contribution in [2.24, 2.45) is 17.8 Å². The lowest BCUT2D eigenvalue weighted by molar-refractivity contribution is 0.259. The van der Waals surface area contributed by atoms with Crippen LogP contribution in [0.2, 0.25) is 0 Å². The number of allylic oxidation sites excluding steroid dienone is 8. The number of benzene rings is 2. The normalized spacial score (nSPS) is 23.7. The lowest BCUT2D eigenvalue weighted by atomic mass is 9.74. The van der Waals surface area contributed by atoms with Crippen LogP contribution in [0.15, 0.2) is 84.0 Å². The first-order valence-corrected chi connectivity index (χ1v) is 14.1. The van der Waals surface area contributed by atoms with Crippen molar-refractivity contribution in [1.29, 1.82) is 0 Å². The number of fused-ring (bicyclic) bond motifs is 1. The van der Waals surface area contributed by atoms with Gasteiger partial charge in [0.25, 0.3) is 0 Å². The molecule has 182 valence electrons. The van der Waals surface area contributed by atoms with E-state index in [0.717, 1.165) is 37.0 Å². The molecule has 3 aliphatic rings. The van der Waals surface area contributed by atoms with Crippen molar-refractivity contribution in [1.82, 2.24) is 0 Å². The number of hydrogen-bond donors (Lipinski definition) is 0. The summed E-state index contributed by atoms with van der Waals surface area (Å²) in [5.41, 5.74) is 11.7. The largest absolute Gasteiger partial charge is 0.0726 e. The molecule has 0 radical (unpaired) electrons. The Hall–Kier alpha value is -2.60. The smallest absolute Gasteiger partial charge is 0.0281 e. The standard InChI is InChI=1S/C35H42/c1-5-25-12-20-33(27(6-2)22-25)35-21-19-31(32-8-7-9-34(32)35)23-26-10-13-29(14-11-26)30-17-15-28(16-18-30)24(3)4/h7-14,19-22,24,28,30,34H,5-6,15-18,23H2,1-4H3. The summed E-state index contributed by atoms with van der Waals surface area (Å²) in [7, 11) is 0. The Morgan fingerprint density at radius 1 is 0.771 bits per heavy atom. The van der Waals surface area contributed by atoms with Gasteiger partial charge in [0.15, 0.2) is 0 Å². The van der Waals surface area contributed by atoms with Crippen LogP contribution in [0.3, 0.4) is 0 Å². The van der Waals surface area contributed by atoms with Crippen LogP contribution in [0.1, 0.15) is 87.1 Å². The van der Waals surface area contributed by atoms with Crippen LogP contribution in [-0.4, -0.2) is 0 Å². The Morgan fingerprint density at radius 3 is 2.20 bits per heavy atom. The van der Waals surface area contributed by atoms with Crippen molar-refractivity contribution in [2.45, 2.75) is 78.6 Å². The van der Waals surface area contributed by atoms with Crippen molar-refractivity contribution < 1.29 is 0 Å².